The van der Waals surface area contributed by atoms with Crippen LogP contribution in [-0.2, 0) is 0 Å². The van der Waals surface area contributed by atoms with E-state index in [-0.39, 0.29) is 5.69 Å². The third-order valence-electron chi connectivity index (χ3n) is 3.39. The van der Waals surface area contributed by atoms with Crippen LogP contribution in [0.25, 0.3) is 0 Å². The zero-order chi connectivity index (χ0) is 13.1. The van der Waals surface area contributed by atoms with Gasteiger partial charge in [0, 0.05) is 22.8 Å². The van der Waals surface area contributed by atoms with Crippen molar-refractivity contribution in [2.75, 3.05) is 5.32 Å². The zero-order valence-electron chi connectivity index (χ0n) is 10.2. The Morgan fingerprint density at radius 1 is 1.44 bits per heavy atom. The molecule has 1 aromatic rings. The van der Waals surface area contributed by atoms with Crippen LogP contribution in [0, 0.1) is 16.0 Å². The van der Waals surface area contributed by atoms with E-state index >= 15 is 0 Å². The first-order valence-corrected chi connectivity index (χ1v) is 6.92. The molecule has 1 fully saturated rings. The molecule has 1 N–H and O–H groups in total. The van der Waals surface area contributed by atoms with Crippen LogP contribution in [0.2, 0.25) is 0 Å². The second-order valence-electron chi connectivity index (χ2n) is 4.88. The van der Waals surface area contributed by atoms with Gasteiger partial charge in [-0.05, 0) is 47.5 Å². The third-order valence-corrected chi connectivity index (χ3v) is 3.82. The molecule has 0 atom stereocenters. The number of aromatic nitrogens is 1. The van der Waals surface area contributed by atoms with E-state index in [1.165, 1.54) is 18.9 Å². The number of rotatable bonds is 3. The molecule has 0 spiro atoms. The zero-order valence-corrected chi connectivity index (χ0v) is 11.8. The summed E-state index contributed by atoms with van der Waals surface area (Å²) in [5.41, 5.74) is 0.0306. The van der Waals surface area contributed by atoms with Gasteiger partial charge >= 0.3 is 5.69 Å². The van der Waals surface area contributed by atoms with Crippen molar-refractivity contribution in [3.63, 3.8) is 0 Å². The number of hydrogen-bond donors (Lipinski definition) is 1. The van der Waals surface area contributed by atoms with Gasteiger partial charge in [-0.3, -0.25) is 10.1 Å². The normalized spacial score (nSPS) is 23.7. The summed E-state index contributed by atoms with van der Waals surface area (Å²) in [6.45, 7) is 2.25. The fourth-order valence-corrected chi connectivity index (χ4v) is 2.60. The van der Waals surface area contributed by atoms with Gasteiger partial charge in [0.2, 0.25) is 5.82 Å². The van der Waals surface area contributed by atoms with E-state index in [0.717, 1.165) is 18.8 Å². The van der Waals surface area contributed by atoms with E-state index in [9.17, 15) is 10.1 Å². The lowest BCUT2D eigenvalue weighted by Gasteiger charge is -2.27. The average Bonchev–Trinajstić information content (AvgIpc) is 2.34. The highest BCUT2D eigenvalue weighted by atomic mass is 79.9. The van der Waals surface area contributed by atoms with Crippen LogP contribution in [0.4, 0.5) is 11.5 Å². The number of hydrogen-bond acceptors (Lipinski definition) is 4. The van der Waals surface area contributed by atoms with Gasteiger partial charge in [-0.1, -0.05) is 6.92 Å². The van der Waals surface area contributed by atoms with Crippen LogP contribution in [0.3, 0.4) is 0 Å². The van der Waals surface area contributed by atoms with Gasteiger partial charge in [0.05, 0.1) is 4.92 Å². The highest BCUT2D eigenvalue weighted by Crippen LogP contribution is 2.30. The van der Waals surface area contributed by atoms with E-state index in [0.29, 0.717) is 16.3 Å². The molecule has 1 heterocycles. The SMILES string of the molecule is CC1CCC(Nc2ncc(Br)cc2[N+](=O)[O-])CC1. The van der Waals surface area contributed by atoms with Gasteiger partial charge in [-0.2, -0.15) is 0 Å². The highest BCUT2D eigenvalue weighted by Gasteiger charge is 2.22. The third kappa shape index (κ3) is 3.19. The molecule has 1 saturated carbocycles. The van der Waals surface area contributed by atoms with E-state index in [1.807, 2.05) is 0 Å². The van der Waals surface area contributed by atoms with Gasteiger partial charge < -0.3 is 5.32 Å². The molecular weight excluding hydrogens is 298 g/mol. The number of nitrogens with zero attached hydrogens (tertiary/aromatic N) is 2. The first kappa shape index (κ1) is 13.3. The first-order valence-electron chi connectivity index (χ1n) is 6.12. The molecular formula is C12H16BrN3O2. The summed E-state index contributed by atoms with van der Waals surface area (Å²) >= 11 is 3.20. The van der Waals surface area contributed by atoms with Crippen LogP contribution < -0.4 is 5.32 Å². The smallest absolute Gasteiger partial charge is 0.312 e. The minimum Gasteiger partial charge on any atom is -0.362 e. The molecule has 1 aliphatic rings. The molecule has 0 saturated heterocycles. The molecule has 0 unspecified atom stereocenters. The molecule has 2 rings (SSSR count). The number of halogens is 1. The van der Waals surface area contributed by atoms with E-state index in [4.69, 9.17) is 0 Å². The molecule has 0 aromatic carbocycles. The molecule has 0 bridgehead atoms. The minimum absolute atomic E-state index is 0.0306. The predicted octanol–water partition coefficient (Wildman–Crippen LogP) is 3.74. The predicted molar refractivity (Wildman–Crippen MR) is 73.6 cm³/mol. The molecule has 0 aliphatic heterocycles. The molecule has 98 valence electrons. The Labute approximate surface area is 114 Å². The molecule has 5 nitrogen and oxygen atoms in total. The fraction of sp³-hybridized carbons (Fsp3) is 0.583. The van der Waals surface area contributed by atoms with Crippen LogP contribution in [0.5, 0.6) is 0 Å². The molecule has 1 aliphatic carbocycles. The maximum atomic E-state index is 11.0. The lowest BCUT2D eigenvalue weighted by molar-refractivity contribution is -0.384. The van der Waals surface area contributed by atoms with Crippen molar-refractivity contribution < 1.29 is 4.92 Å². The Bertz CT molecular complexity index is 445. The van der Waals surface area contributed by atoms with Crippen molar-refractivity contribution in [2.45, 2.75) is 38.6 Å². The van der Waals surface area contributed by atoms with Gasteiger partial charge in [0.1, 0.15) is 0 Å². The maximum Gasteiger partial charge on any atom is 0.312 e. The summed E-state index contributed by atoms with van der Waals surface area (Å²) in [6, 6.07) is 1.79. The Kier molecular flexibility index (Phi) is 4.16. The van der Waals surface area contributed by atoms with Crippen molar-refractivity contribution in [3.05, 3.63) is 26.9 Å². The topological polar surface area (TPSA) is 68.1 Å². The fourth-order valence-electron chi connectivity index (χ4n) is 2.28. The van der Waals surface area contributed by atoms with Gasteiger partial charge in [0.15, 0.2) is 0 Å². The Morgan fingerprint density at radius 2 is 2.11 bits per heavy atom. The molecule has 6 heteroatoms. The lowest BCUT2D eigenvalue weighted by atomic mass is 9.87. The first-order chi connectivity index (χ1) is 8.56. The summed E-state index contributed by atoms with van der Waals surface area (Å²) < 4.78 is 0.622. The van der Waals surface area contributed by atoms with Crippen molar-refractivity contribution in [1.29, 1.82) is 0 Å². The molecule has 18 heavy (non-hydrogen) atoms. The summed E-state index contributed by atoms with van der Waals surface area (Å²) in [5, 5.41) is 14.2. The number of nitrogens with one attached hydrogen (secondary N) is 1. The summed E-state index contributed by atoms with van der Waals surface area (Å²) in [7, 11) is 0. The second-order valence-corrected chi connectivity index (χ2v) is 5.80. The van der Waals surface area contributed by atoms with Crippen LogP contribution in [0.15, 0.2) is 16.7 Å². The van der Waals surface area contributed by atoms with Crippen molar-refractivity contribution in [3.8, 4) is 0 Å². The Morgan fingerprint density at radius 3 is 2.72 bits per heavy atom. The van der Waals surface area contributed by atoms with Crippen molar-refractivity contribution in [1.82, 2.24) is 4.98 Å². The quantitative estimate of drug-likeness (QED) is 0.681. The highest BCUT2D eigenvalue weighted by molar-refractivity contribution is 9.10. The van der Waals surface area contributed by atoms with Gasteiger partial charge in [0.25, 0.3) is 0 Å². The van der Waals surface area contributed by atoms with E-state index in [1.54, 1.807) is 6.20 Å². The largest absolute Gasteiger partial charge is 0.362 e. The number of nitro groups is 1. The van der Waals surface area contributed by atoms with Gasteiger partial charge in [-0.15, -0.1) is 0 Å². The van der Waals surface area contributed by atoms with Crippen LogP contribution in [-0.4, -0.2) is 15.9 Å². The molecule has 0 amide bonds. The number of pyridine rings is 1. The number of anilines is 1. The van der Waals surface area contributed by atoms with Gasteiger partial charge in [-0.25, -0.2) is 4.98 Å². The van der Waals surface area contributed by atoms with Crippen LogP contribution in [0.1, 0.15) is 32.6 Å². The molecule has 1 aromatic heterocycles. The second kappa shape index (κ2) is 5.65. The van der Waals surface area contributed by atoms with E-state index < -0.39 is 4.92 Å². The maximum absolute atomic E-state index is 11.0. The summed E-state index contributed by atoms with van der Waals surface area (Å²) in [6.07, 6.45) is 6.02. The van der Waals surface area contributed by atoms with Crippen molar-refractivity contribution in [2.24, 2.45) is 5.92 Å². The minimum atomic E-state index is -0.397. The Hall–Kier alpha value is -1.17. The molecule has 0 radical (unpaired) electrons. The van der Waals surface area contributed by atoms with E-state index in [2.05, 4.69) is 33.2 Å². The van der Waals surface area contributed by atoms with Crippen molar-refractivity contribution >= 4 is 27.4 Å². The summed E-state index contributed by atoms with van der Waals surface area (Å²) in [5.74, 6) is 1.14. The monoisotopic (exact) mass is 313 g/mol. The van der Waals surface area contributed by atoms with Crippen LogP contribution >= 0.6 is 15.9 Å². The standard InChI is InChI=1S/C12H16BrN3O2/c1-8-2-4-10(5-3-8)15-12-11(16(17)18)6-9(13)7-14-12/h6-8,10H,2-5H2,1H3,(H,14,15). The summed E-state index contributed by atoms with van der Waals surface area (Å²) in [4.78, 5) is 14.7. The Balaban J connectivity index is 2.11. The average molecular weight is 314 g/mol. The lowest BCUT2D eigenvalue weighted by Crippen LogP contribution is -2.26.